The lowest BCUT2D eigenvalue weighted by molar-refractivity contribution is -0.384. The van der Waals surface area contributed by atoms with Crippen molar-refractivity contribution in [2.45, 2.75) is 13.0 Å². The van der Waals surface area contributed by atoms with Gasteiger partial charge in [-0.25, -0.2) is 0 Å². The first-order valence-electron chi connectivity index (χ1n) is 6.23. The first kappa shape index (κ1) is 14.5. The number of nitro benzene ring substituents is 1. The van der Waals surface area contributed by atoms with Crippen molar-refractivity contribution in [3.63, 3.8) is 0 Å². The molecule has 1 aromatic heterocycles. The third kappa shape index (κ3) is 3.34. The fourth-order valence-electron chi connectivity index (χ4n) is 1.99. The van der Waals surface area contributed by atoms with Crippen LogP contribution in [0.4, 0.5) is 11.4 Å². The molecule has 5 nitrogen and oxygen atoms in total. The highest BCUT2D eigenvalue weighted by atomic mass is 32.1. The zero-order chi connectivity index (χ0) is 14.5. The molecule has 1 N–H and O–H groups in total. The number of thiophene rings is 1. The summed E-state index contributed by atoms with van der Waals surface area (Å²) >= 11 is 1.68. The second-order valence-corrected chi connectivity index (χ2v) is 5.52. The van der Waals surface area contributed by atoms with Crippen molar-refractivity contribution in [3.05, 3.63) is 56.3 Å². The summed E-state index contributed by atoms with van der Waals surface area (Å²) in [6.07, 6.45) is 0.854. The molecule has 6 heteroatoms. The molecule has 0 aliphatic rings. The van der Waals surface area contributed by atoms with E-state index >= 15 is 0 Å². The number of benzene rings is 1. The number of anilines is 1. The maximum Gasteiger partial charge on any atom is 0.292 e. The molecule has 0 atom stereocenters. The van der Waals surface area contributed by atoms with Gasteiger partial charge in [-0.15, -0.1) is 11.3 Å². The van der Waals surface area contributed by atoms with Crippen molar-refractivity contribution in [3.8, 4) is 0 Å². The number of nitro groups is 1. The van der Waals surface area contributed by atoms with Crippen LogP contribution >= 0.6 is 11.3 Å². The molecule has 2 rings (SSSR count). The highest BCUT2D eigenvalue weighted by Gasteiger charge is 2.17. The number of aliphatic hydroxyl groups excluding tert-OH is 1. The van der Waals surface area contributed by atoms with Crippen LogP contribution in [0.3, 0.4) is 0 Å². The Labute approximate surface area is 121 Å². The fourth-order valence-corrected chi connectivity index (χ4v) is 2.69. The molecule has 0 bridgehead atoms. The number of hydrogen-bond donors (Lipinski definition) is 1. The van der Waals surface area contributed by atoms with E-state index in [1.165, 1.54) is 10.9 Å². The molecule has 2 aromatic rings. The van der Waals surface area contributed by atoms with Crippen LogP contribution in [0.2, 0.25) is 0 Å². The Morgan fingerprint density at radius 2 is 2.20 bits per heavy atom. The van der Waals surface area contributed by atoms with E-state index in [1.807, 2.05) is 23.4 Å². The summed E-state index contributed by atoms with van der Waals surface area (Å²) in [5.74, 6) is 0. The Kier molecular flexibility index (Phi) is 4.70. The van der Waals surface area contributed by atoms with Gasteiger partial charge in [0.05, 0.1) is 11.5 Å². The van der Waals surface area contributed by atoms with Gasteiger partial charge < -0.3 is 10.0 Å². The molecule has 20 heavy (non-hydrogen) atoms. The molecule has 0 radical (unpaired) electrons. The van der Waals surface area contributed by atoms with Gasteiger partial charge in [0, 0.05) is 24.5 Å². The largest absolute Gasteiger partial charge is 0.392 e. The number of nitrogens with zero attached hydrogens (tertiary/aromatic N) is 2. The zero-order valence-electron chi connectivity index (χ0n) is 11.2. The van der Waals surface area contributed by atoms with E-state index in [4.69, 9.17) is 5.11 Å². The van der Waals surface area contributed by atoms with E-state index in [1.54, 1.807) is 23.5 Å². The minimum atomic E-state index is -0.407. The quantitative estimate of drug-likeness (QED) is 0.656. The lowest BCUT2D eigenvalue weighted by Crippen LogP contribution is -2.21. The molecule has 1 heterocycles. The van der Waals surface area contributed by atoms with Crippen LogP contribution < -0.4 is 4.90 Å². The first-order chi connectivity index (χ1) is 9.61. The molecule has 106 valence electrons. The molecule has 0 aliphatic heterocycles. The lowest BCUT2D eigenvalue weighted by Gasteiger charge is -2.19. The number of rotatable bonds is 6. The van der Waals surface area contributed by atoms with Crippen molar-refractivity contribution in [2.75, 3.05) is 18.5 Å². The predicted molar refractivity (Wildman–Crippen MR) is 80.3 cm³/mol. The Balaban J connectivity index is 2.15. The predicted octanol–water partition coefficient (Wildman–Crippen LogP) is 2.83. The second-order valence-electron chi connectivity index (χ2n) is 4.49. The Morgan fingerprint density at radius 1 is 1.40 bits per heavy atom. The average molecular weight is 292 g/mol. The van der Waals surface area contributed by atoms with E-state index in [-0.39, 0.29) is 12.3 Å². The Morgan fingerprint density at radius 3 is 2.80 bits per heavy atom. The van der Waals surface area contributed by atoms with E-state index in [0.717, 1.165) is 6.42 Å². The van der Waals surface area contributed by atoms with Gasteiger partial charge in [-0.3, -0.25) is 10.1 Å². The van der Waals surface area contributed by atoms with Gasteiger partial charge in [0.25, 0.3) is 5.69 Å². The van der Waals surface area contributed by atoms with Gasteiger partial charge in [-0.05, 0) is 29.5 Å². The molecule has 0 amide bonds. The maximum absolute atomic E-state index is 11.1. The molecule has 0 unspecified atom stereocenters. The van der Waals surface area contributed by atoms with Crippen molar-refractivity contribution >= 4 is 22.7 Å². The van der Waals surface area contributed by atoms with Crippen LogP contribution in [-0.4, -0.2) is 23.6 Å². The monoisotopic (exact) mass is 292 g/mol. The van der Waals surface area contributed by atoms with Gasteiger partial charge >= 0.3 is 0 Å². The molecule has 0 saturated heterocycles. The van der Waals surface area contributed by atoms with Gasteiger partial charge in [0.2, 0.25) is 0 Å². The summed E-state index contributed by atoms with van der Waals surface area (Å²) in [5, 5.41) is 22.2. The number of aliphatic hydroxyl groups is 1. The van der Waals surface area contributed by atoms with Crippen LogP contribution in [0.5, 0.6) is 0 Å². The van der Waals surface area contributed by atoms with Gasteiger partial charge in [-0.1, -0.05) is 12.1 Å². The van der Waals surface area contributed by atoms with E-state index in [0.29, 0.717) is 17.8 Å². The fraction of sp³-hybridized carbons (Fsp3) is 0.286. The summed E-state index contributed by atoms with van der Waals surface area (Å²) < 4.78 is 0. The topological polar surface area (TPSA) is 66.6 Å². The van der Waals surface area contributed by atoms with E-state index < -0.39 is 4.92 Å². The number of hydrogen-bond acceptors (Lipinski definition) is 5. The van der Waals surface area contributed by atoms with Crippen LogP contribution in [0, 0.1) is 10.1 Å². The summed E-state index contributed by atoms with van der Waals surface area (Å²) in [4.78, 5) is 13.8. The summed E-state index contributed by atoms with van der Waals surface area (Å²) in [7, 11) is 1.84. The Hall–Kier alpha value is -1.92. The summed E-state index contributed by atoms with van der Waals surface area (Å²) in [5.41, 5.74) is 1.15. The molecule has 0 spiro atoms. The third-order valence-corrected chi connectivity index (χ3v) is 4.04. The molecule has 1 aromatic carbocycles. The van der Waals surface area contributed by atoms with Gasteiger partial charge in [-0.2, -0.15) is 0 Å². The van der Waals surface area contributed by atoms with Gasteiger partial charge in [0.15, 0.2) is 0 Å². The van der Waals surface area contributed by atoms with Crippen molar-refractivity contribution in [1.29, 1.82) is 0 Å². The van der Waals surface area contributed by atoms with Gasteiger partial charge in [0.1, 0.15) is 5.69 Å². The normalized spacial score (nSPS) is 10.5. The first-order valence-corrected chi connectivity index (χ1v) is 7.11. The van der Waals surface area contributed by atoms with Crippen molar-refractivity contribution < 1.29 is 10.0 Å². The maximum atomic E-state index is 11.1. The van der Waals surface area contributed by atoms with E-state index in [2.05, 4.69) is 6.07 Å². The minimum absolute atomic E-state index is 0.0326. The number of likely N-dealkylation sites (N-methyl/N-ethyl adjacent to an activating group) is 1. The average Bonchev–Trinajstić information content (AvgIpc) is 2.97. The molecule has 0 saturated carbocycles. The van der Waals surface area contributed by atoms with Crippen LogP contribution in [-0.2, 0) is 13.0 Å². The SMILES string of the molecule is CN(CCc1cccs1)c1ccc(CO)cc1[N+](=O)[O-]. The van der Waals surface area contributed by atoms with Crippen LogP contribution in [0.1, 0.15) is 10.4 Å². The Bertz CT molecular complexity index is 584. The highest BCUT2D eigenvalue weighted by molar-refractivity contribution is 7.09. The van der Waals surface area contributed by atoms with Crippen molar-refractivity contribution in [2.24, 2.45) is 0 Å². The molecule has 0 aliphatic carbocycles. The molecule has 0 fully saturated rings. The summed E-state index contributed by atoms with van der Waals surface area (Å²) in [6.45, 7) is 0.514. The second kappa shape index (κ2) is 6.49. The van der Waals surface area contributed by atoms with E-state index in [9.17, 15) is 10.1 Å². The highest BCUT2D eigenvalue weighted by Crippen LogP contribution is 2.28. The van der Waals surface area contributed by atoms with Crippen molar-refractivity contribution in [1.82, 2.24) is 0 Å². The van der Waals surface area contributed by atoms with Crippen LogP contribution in [0.15, 0.2) is 35.7 Å². The summed E-state index contributed by atoms with van der Waals surface area (Å²) in [6, 6.07) is 8.89. The van der Waals surface area contributed by atoms with Crippen LogP contribution in [0.25, 0.3) is 0 Å². The molecular weight excluding hydrogens is 276 g/mol. The standard InChI is InChI=1S/C14H16N2O3S/c1-15(7-6-12-3-2-8-20-12)13-5-4-11(10-17)9-14(13)16(18)19/h2-5,8-9,17H,6-7,10H2,1H3. The minimum Gasteiger partial charge on any atom is -0.392 e. The smallest absolute Gasteiger partial charge is 0.292 e. The zero-order valence-corrected chi connectivity index (χ0v) is 12.0. The third-order valence-electron chi connectivity index (χ3n) is 3.10. The lowest BCUT2D eigenvalue weighted by atomic mass is 10.1. The molecular formula is C14H16N2O3S.